The van der Waals surface area contributed by atoms with Gasteiger partial charge < -0.3 is 10.6 Å². The quantitative estimate of drug-likeness (QED) is 0.292. The van der Waals surface area contributed by atoms with E-state index in [2.05, 4.69) is 20.6 Å². The van der Waals surface area contributed by atoms with Crippen molar-refractivity contribution >= 4 is 29.9 Å². The predicted molar refractivity (Wildman–Crippen MR) is 103 cm³/mol. The van der Waals surface area contributed by atoms with E-state index in [0.717, 1.165) is 12.1 Å². The molecule has 142 valence electrons. The first-order valence-electron chi connectivity index (χ1n) is 7.68. The number of hydrogen-bond donors (Lipinski definition) is 2. The fourth-order valence-electron chi connectivity index (χ4n) is 2.03. The Morgan fingerprint density at radius 3 is 2.38 bits per heavy atom. The van der Waals surface area contributed by atoms with Crippen molar-refractivity contribution in [2.24, 2.45) is 4.99 Å². The first kappa shape index (κ1) is 22.1. The Bertz CT molecular complexity index is 717. The molecule has 1 heterocycles. The third kappa shape index (κ3) is 6.77. The third-order valence-electron chi connectivity index (χ3n) is 3.30. The van der Waals surface area contributed by atoms with E-state index < -0.39 is 17.6 Å². The van der Waals surface area contributed by atoms with Gasteiger partial charge in [-0.3, -0.25) is 4.98 Å². The molecule has 0 spiro atoms. The molecule has 1 aromatic heterocycles. The van der Waals surface area contributed by atoms with E-state index in [4.69, 9.17) is 0 Å². The number of pyridine rings is 1. The topological polar surface area (TPSA) is 49.3 Å². The molecule has 2 aromatic rings. The number of nitrogens with one attached hydrogen (secondary N) is 2. The van der Waals surface area contributed by atoms with Crippen LogP contribution in [0.2, 0.25) is 0 Å². The van der Waals surface area contributed by atoms with Gasteiger partial charge in [-0.1, -0.05) is 12.1 Å². The van der Waals surface area contributed by atoms with Crippen molar-refractivity contribution in [2.45, 2.75) is 26.2 Å². The lowest BCUT2D eigenvalue weighted by Crippen LogP contribution is -2.37. The molecular formula is C17H19F4IN4. The van der Waals surface area contributed by atoms with Crippen LogP contribution in [0.5, 0.6) is 0 Å². The summed E-state index contributed by atoms with van der Waals surface area (Å²) in [5, 5.41) is 5.93. The van der Waals surface area contributed by atoms with Gasteiger partial charge in [-0.05, 0) is 36.8 Å². The van der Waals surface area contributed by atoms with Crippen LogP contribution in [0.3, 0.4) is 0 Å². The molecule has 4 nitrogen and oxygen atoms in total. The van der Waals surface area contributed by atoms with Crippen LogP contribution in [0.15, 0.2) is 47.6 Å². The standard InChI is InChI=1S/C17H18F4N4.HI/c1-2-22-16(25-11-15-14(18)4-3-9-23-15)24-10-12-5-7-13(8-6-12)17(19,20)21;/h3-9H,2,10-11H2,1H3,(H2,22,24,25);1H. The minimum atomic E-state index is -4.36. The van der Waals surface area contributed by atoms with E-state index >= 15 is 0 Å². The minimum Gasteiger partial charge on any atom is -0.357 e. The molecule has 26 heavy (non-hydrogen) atoms. The Kier molecular flexibility index (Phi) is 8.76. The van der Waals surface area contributed by atoms with Crippen LogP contribution in [-0.4, -0.2) is 17.5 Å². The predicted octanol–water partition coefficient (Wildman–Crippen LogP) is 4.11. The molecular weight excluding hydrogens is 463 g/mol. The summed E-state index contributed by atoms with van der Waals surface area (Å²) in [5.41, 5.74) is 0.188. The van der Waals surface area contributed by atoms with Crippen LogP contribution in [0, 0.1) is 5.82 Å². The van der Waals surface area contributed by atoms with Crippen molar-refractivity contribution in [3.05, 3.63) is 65.2 Å². The maximum absolute atomic E-state index is 13.6. The second kappa shape index (κ2) is 10.3. The SMILES string of the molecule is CCNC(=NCc1ccc(C(F)(F)F)cc1)NCc1ncccc1F.I. The monoisotopic (exact) mass is 482 g/mol. The average Bonchev–Trinajstić information content (AvgIpc) is 2.58. The molecule has 0 unspecified atom stereocenters. The van der Waals surface area contributed by atoms with Crippen LogP contribution >= 0.6 is 24.0 Å². The number of rotatable bonds is 5. The molecule has 0 aliphatic rings. The van der Waals surface area contributed by atoms with Gasteiger partial charge in [-0.25, -0.2) is 9.38 Å². The Hall–Kier alpha value is -1.91. The highest BCUT2D eigenvalue weighted by molar-refractivity contribution is 14.0. The van der Waals surface area contributed by atoms with E-state index in [9.17, 15) is 17.6 Å². The number of halogens is 5. The van der Waals surface area contributed by atoms with Crippen molar-refractivity contribution in [1.29, 1.82) is 0 Å². The summed E-state index contributed by atoms with van der Waals surface area (Å²) < 4.78 is 51.2. The first-order valence-corrected chi connectivity index (χ1v) is 7.68. The Balaban J connectivity index is 0.00000338. The molecule has 0 aliphatic heterocycles. The highest BCUT2D eigenvalue weighted by Gasteiger charge is 2.29. The van der Waals surface area contributed by atoms with E-state index in [-0.39, 0.29) is 42.8 Å². The normalized spacial score (nSPS) is 11.7. The van der Waals surface area contributed by atoms with Crippen molar-refractivity contribution < 1.29 is 17.6 Å². The smallest absolute Gasteiger partial charge is 0.357 e. The summed E-state index contributed by atoms with van der Waals surface area (Å²) in [4.78, 5) is 8.22. The zero-order chi connectivity index (χ0) is 18.3. The van der Waals surface area contributed by atoms with Crippen LogP contribution in [0.1, 0.15) is 23.7 Å². The molecule has 0 saturated carbocycles. The largest absolute Gasteiger partial charge is 0.416 e. The molecule has 0 radical (unpaired) electrons. The van der Waals surface area contributed by atoms with Gasteiger partial charge in [0, 0.05) is 12.7 Å². The second-order valence-corrected chi connectivity index (χ2v) is 5.18. The van der Waals surface area contributed by atoms with Crippen LogP contribution in [0.4, 0.5) is 17.6 Å². The van der Waals surface area contributed by atoms with Gasteiger partial charge in [-0.2, -0.15) is 13.2 Å². The van der Waals surface area contributed by atoms with Gasteiger partial charge in [0.2, 0.25) is 0 Å². The molecule has 0 bridgehead atoms. The third-order valence-corrected chi connectivity index (χ3v) is 3.30. The Labute approximate surface area is 166 Å². The molecule has 0 fully saturated rings. The highest BCUT2D eigenvalue weighted by Crippen LogP contribution is 2.29. The van der Waals surface area contributed by atoms with Crippen LogP contribution in [-0.2, 0) is 19.3 Å². The molecule has 0 aliphatic carbocycles. The van der Waals surface area contributed by atoms with Gasteiger partial charge in [0.1, 0.15) is 5.82 Å². The summed E-state index contributed by atoms with van der Waals surface area (Å²) >= 11 is 0. The number of hydrogen-bond acceptors (Lipinski definition) is 2. The summed E-state index contributed by atoms with van der Waals surface area (Å²) in [6, 6.07) is 7.63. The van der Waals surface area contributed by atoms with E-state index in [1.54, 1.807) is 0 Å². The van der Waals surface area contributed by atoms with Crippen molar-refractivity contribution in [3.8, 4) is 0 Å². The Morgan fingerprint density at radius 1 is 1.12 bits per heavy atom. The average molecular weight is 482 g/mol. The van der Waals surface area contributed by atoms with E-state index in [0.29, 0.717) is 18.1 Å². The molecule has 0 atom stereocenters. The molecule has 2 N–H and O–H groups in total. The second-order valence-electron chi connectivity index (χ2n) is 5.18. The lowest BCUT2D eigenvalue weighted by atomic mass is 10.1. The fraction of sp³-hybridized carbons (Fsp3) is 0.294. The van der Waals surface area contributed by atoms with Gasteiger partial charge in [0.05, 0.1) is 24.3 Å². The zero-order valence-electron chi connectivity index (χ0n) is 14.0. The van der Waals surface area contributed by atoms with E-state index in [1.807, 2.05) is 6.92 Å². The molecule has 1 aromatic carbocycles. The van der Waals surface area contributed by atoms with Crippen molar-refractivity contribution in [3.63, 3.8) is 0 Å². The summed E-state index contributed by atoms with van der Waals surface area (Å²) in [7, 11) is 0. The number of benzene rings is 1. The Morgan fingerprint density at radius 2 is 1.81 bits per heavy atom. The number of nitrogens with zero attached hydrogens (tertiary/aromatic N) is 2. The van der Waals surface area contributed by atoms with Gasteiger partial charge in [0.25, 0.3) is 0 Å². The number of aromatic nitrogens is 1. The van der Waals surface area contributed by atoms with Crippen molar-refractivity contribution in [2.75, 3.05) is 6.54 Å². The fourth-order valence-corrected chi connectivity index (χ4v) is 2.03. The van der Waals surface area contributed by atoms with Crippen LogP contribution in [0.25, 0.3) is 0 Å². The summed E-state index contributed by atoms with van der Waals surface area (Å²) in [5.74, 6) is 0.000962. The molecule has 9 heteroatoms. The summed E-state index contributed by atoms with van der Waals surface area (Å²) in [6.45, 7) is 2.80. The van der Waals surface area contributed by atoms with E-state index in [1.165, 1.54) is 30.5 Å². The number of guanidine groups is 1. The summed E-state index contributed by atoms with van der Waals surface area (Å²) in [6.07, 6.45) is -2.86. The van der Waals surface area contributed by atoms with Crippen molar-refractivity contribution in [1.82, 2.24) is 15.6 Å². The lowest BCUT2D eigenvalue weighted by molar-refractivity contribution is -0.137. The van der Waals surface area contributed by atoms with Crippen LogP contribution < -0.4 is 10.6 Å². The molecule has 2 rings (SSSR count). The first-order chi connectivity index (χ1) is 11.9. The minimum absolute atomic E-state index is 0. The number of aliphatic imine (C=N–C) groups is 1. The van der Waals surface area contributed by atoms with Gasteiger partial charge >= 0.3 is 6.18 Å². The maximum Gasteiger partial charge on any atom is 0.416 e. The highest BCUT2D eigenvalue weighted by atomic mass is 127. The number of alkyl halides is 3. The molecule has 0 amide bonds. The van der Waals surface area contributed by atoms with Gasteiger partial charge in [0.15, 0.2) is 5.96 Å². The zero-order valence-corrected chi connectivity index (χ0v) is 16.3. The van der Waals surface area contributed by atoms with Gasteiger partial charge in [-0.15, -0.1) is 24.0 Å². The lowest BCUT2D eigenvalue weighted by Gasteiger charge is -2.11. The molecule has 0 saturated heterocycles. The maximum atomic E-state index is 13.6.